The van der Waals surface area contributed by atoms with Crippen molar-refractivity contribution >= 4 is 11.0 Å². The quantitative estimate of drug-likeness (QED) is 0.756. The second-order valence-electron chi connectivity index (χ2n) is 3.53. The van der Waals surface area contributed by atoms with Crippen LogP contribution in [-0.4, -0.2) is 20.9 Å². The monoisotopic (exact) mass is 195 g/mol. The van der Waals surface area contributed by atoms with Gasteiger partial charge in [0.05, 0.1) is 5.92 Å². The SMILES string of the molecule is FC1(F)CC1c1ncc2cc[nH]c2n1. The fourth-order valence-electron chi connectivity index (χ4n) is 1.51. The van der Waals surface area contributed by atoms with Gasteiger partial charge < -0.3 is 4.98 Å². The number of aromatic amines is 1. The van der Waals surface area contributed by atoms with Crippen molar-refractivity contribution in [1.82, 2.24) is 15.0 Å². The molecule has 3 nitrogen and oxygen atoms in total. The summed E-state index contributed by atoms with van der Waals surface area (Å²) in [5.41, 5.74) is 0.623. The van der Waals surface area contributed by atoms with Crippen molar-refractivity contribution in [2.24, 2.45) is 0 Å². The molecule has 0 aliphatic heterocycles. The van der Waals surface area contributed by atoms with Crippen LogP contribution in [-0.2, 0) is 0 Å². The van der Waals surface area contributed by atoms with Crippen molar-refractivity contribution in [2.45, 2.75) is 18.3 Å². The molecule has 0 radical (unpaired) electrons. The third kappa shape index (κ3) is 1.01. The molecule has 1 atom stereocenters. The Hall–Kier alpha value is -1.52. The Balaban J connectivity index is 2.07. The summed E-state index contributed by atoms with van der Waals surface area (Å²) in [6.07, 6.45) is 3.16. The highest BCUT2D eigenvalue weighted by Crippen LogP contribution is 2.54. The van der Waals surface area contributed by atoms with Crippen LogP contribution in [0.2, 0.25) is 0 Å². The smallest absolute Gasteiger partial charge is 0.259 e. The number of fused-ring (bicyclic) bond motifs is 1. The predicted octanol–water partition coefficient (Wildman–Crippen LogP) is 2.08. The molecule has 1 saturated carbocycles. The second-order valence-corrected chi connectivity index (χ2v) is 3.53. The number of H-pyrrole nitrogens is 1. The molecule has 2 aromatic rings. The number of nitrogens with zero attached hydrogens (tertiary/aromatic N) is 2. The van der Waals surface area contributed by atoms with Gasteiger partial charge in [-0.2, -0.15) is 0 Å². The van der Waals surface area contributed by atoms with Gasteiger partial charge in [0.2, 0.25) is 0 Å². The molecule has 2 heterocycles. The Morgan fingerprint density at radius 2 is 2.29 bits per heavy atom. The van der Waals surface area contributed by atoms with Crippen molar-refractivity contribution < 1.29 is 8.78 Å². The van der Waals surface area contributed by atoms with E-state index >= 15 is 0 Å². The Labute approximate surface area is 78.2 Å². The summed E-state index contributed by atoms with van der Waals surface area (Å²) in [6, 6.07) is 1.81. The number of hydrogen-bond donors (Lipinski definition) is 1. The Bertz CT molecular complexity index is 492. The molecule has 0 bridgehead atoms. The molecule has 72 valence electrons. The lowest BCUT2D eigenvalue weighted by atomic mass is 10.3. The van der Waals surface area contributed by atoms with Crippen LogP contribution in [0.4, 0.5) is 8.78 Å². The fourth-order valence-corrected chi connectivity index (χ4v) is 1.51. The summed E-state index contributed by atoms with van der Waals surface area (Å²) in [7, 11) is 0. The lowest BCUT2D eigenvalue weighted by Crippen LogP contribution is -1.98. The van der Waals surface area contributed by atoms with Crippen molar-refractivity contribution in [2.75, 3.05) is 0 Å². The highest BCUT2D eigenvalue weighted by atomic mass is 19.3. The van der Waals surface area contributed by atoms with E-state index in [1.165, 1.54) is 0 Å². The van der Waals surface area contributed by atoms with E-state index in [0.717, 1.165) is 5.39 Å². The molecule has 0 aromatic carbocycles. The lowest BCUT2D eigenvalue weighted by molar-refractivity contribution is 0.111. The van der Waals surface area contributed by atoms with Gasteiger partial charge in [0.15, 0.2) is 0 Å². The third-order valence-electron chi connectivity index (χ3n) is 2.46. The van der Waals surface area contributed by atoms with Crippen molar-refractivity contribution in [3.63, 3.8) is 0 Å². The first-order valence-electron chi connectivity index (χ1n) is 4.35. The van der Waals surface area contributed by atoms with E-state index in [9.17, 15) is 8.78 Å². The van der Waals surface area contributed by atoms with Crippen molar-refractivity contribution in [3.8, 4) is 0 Å². The highest BCUT2D eigenvalue weighted by Gasteiger charge is 2.59. The number of hydrogen-bond acceptors (Lipinski definition) is 2. The number of aromatic nitrogens is 3. The highest BCUT2D eigenvalue weighted by molar-refractivity contribution is 5.74. The molecular formula is C9H7F2N3. The van der Waals surface area contributed by atoms with E-state index in [2.05, 4.69) is 15.0 Å². The molecule has 0 saturated heterocycles. The molecule has 2 aromatic heterocycles. The van der Waals surface area contributed by atoms with E-state index in [1.54, 1.807) is 12.4 Å². The molecule has 3 rings (SSSR count). The molecule has 1 unspecified atom stereocenters. The summed E-state index contributed by atoms with van der Waals surface area (Å²) >= 11 is 0. The minimum Gasteiger partial charge on any atom is -0.346 e. The molecule has 1 fully saturated rings. The minimum absolute atomic E-state index is 0.126. The Kier molecular flexibility index (Phi) is 1.28. The maximum absolute atomic E-state index is 12.7. The average molecular weight is 195 g/mol. The largest absolute Gasteiger partial charge is 0.346 e. The van der Waals surface area contributed by atoms with Gasteiger partial charge in [0.25, 0.3) is 5.92 Å². The maximum atomic E-state index is 12.7. The van der Waals surface area contributed by atoms with Crippen LogP contribution in [0.3, 0.4) is 0 Å². The maximum Gasteiger partial charge on any atom is 0.259 e. The number of alkyl halides is 2. The van der Waals surface area contributed by atoms with E-state index in [0.29, 0.717) is 5.65 Å². The van der Waals surface area contributed by atoms with E-state index in [1.807, 2.05) is 6.07 Å². The summed E-state index contributed by atoms with van der Waals surface area (Å²) in [4.78, 5) is 10.8. The average Bonchev–Trinajstić information content (AvgIpc) is 2.63. The van der Waals surface area contributed by atoms with Gasteiger partial charge in [-0.3, -0.25) is 0 Å². The van der Waals surface area contributed by atoms with Crippen molar-refractivity contribution in [1.29, 1.82) is 0 Å². The molecule has 1 aliphatic carbocycles. The zero-order valence-corrected chi connectivity index (χ0v) is 7.17. The topological polar surface area (TPSA) is 41.6 Å². The van der Waals surface area contributed by atoms with Gasteiger partial charge in [0.1, 0.15) is 11.5 Å². The molecule has 1 N–H and O–H groups in total. The predicted molar refractivity (Wildman–Crippen MR) is 46.2 cm³/mol. The molecule has 5 heteroatoms. The van der Waals surface area contributed by atoms with E-state index in [4.69, 9.17) is 0 Å². The first-order chi connectivity index (χ1) is 6.67. The van der Waals surface area contributed by atoms with Crippen LogP contribution in [0.1, 0.15) is 18.2 Å². The van der Waals surface area contributed by atoms with E-state index in [-0.39, 0.29) is 12.2 Å². The van der Waals surface area contributed by atoms with Gasteiger partial charge in [-0.05, 0) is 6.07 Å². The Morgan fingerprint density at radius 3 is 3.00 bits per heavy atom. The number of halogens is 2. The van der Waals surface area contributed by atoms with Gasteiger partial charge in [0, 0.05) is 24.2 Å². The number of nitrogens with one attached hydrogen (secondary N) is 1. The van der Waals surface area contributed by atoms with Gasteiger partial charge in [-0.25, -0.2) is 18.7 Å². The first-order valence-corrected chi connectivity index (χ1v) is 4.35. The van der Waals surface area contributed by atoms with Crippen LogP contribution in [0, 0.1) is 0 Å². The van der Waals surface area contributed by atoms with Crippen LogP contribution in [0.5, 0.6) is 0 Å². The normalized spacial score (nSPS) is 24.0. The summed E-state index contributed by atoms with van der Waals surface area (Å²) < 4.78 is 25.4. The molecule has 14 heavy (non-hydrogen) atoms. The van der Waals surface area contributed by atoms with Crippen LogP contribution in [0.15, 0.2) is 18.5 Å². The second kappa shape index (κ2) is 2.29. The molecule has 0 amide bonds. The van der Waals surface area contributed by atoms with Gasteiger partial charge in [-0.15, -0.1) is 0 Å². The summed E-state index contributed by atoms with van der Waals surface area (Å²) in [5.74, 6) is -3.14. The zero-order valence-electron chi connectivity index (χ0n) is 7.17. The van der Waals surface area contributed by atoms with Crippen LogP contribution >= 0.6 is 0 Å². The fraction of sp³-hybridized carbons (Fsp3) is 0.333. The Morgan fingerprint density at radius 1 is 1.50 bits per heavy atom. The minimum atomic E-state index is -2.60. The third-order valence-corrected chi connectivity index (χ3v) is 2.46. The summed E-state index contributed by atoms with van der Waals surface area (Å²) in [6.45, 7) is 0. The molecule has 1 aliphatic rings. The zero-order chi connectivity index (χ0) is 9.76. The molecule has 0 spiro atoms. The van der Waals surface area contributed by atoms with Crippen molar-refractivity contribution in [3.05, 3.63) is 24.3 Å². The first kappa shape index (κ1) is 7.84. The van der Waals surface area contributed by atoms with Crippen LogP contribution in [0.25, 0.3) is 11.0 Å². The van der Waals surface area contributed by atoms with E-state index < -0.39 is 11.8 Å². The van der Waals surface area contributed by atoms with Gasteiger partial charge in [-0.1, -0.05) is 0 Å². The van der Waals surface area contributed by atoms with Gasteiger partial charge >= 0.3 is 0 Å². The standard InChI is InChI=1S/C9H7F2N3/c10-9(11)3-6(9)8-13-4-5-1-2-12-7(5)14-8/h1-2,4,6H,3H2,(H,12,13,14). The lowest BCUT2D eigenvalue weighted by Gasteiger charge is -1.97. The van der Waals surface area contributed by atoms with Crippen LogP contribution < -0.4 is 0 Å². The summed E-state index contributed by atoms with van der Waals surface area (Å²) in [5, 5.41) is 0.845. The molecular weight excluding hydrogens is 188 g/mol. The number of rotatable bonds is 1.